The maximum Gasteiger partial charge on any atom is 0.00156 e. The van der Waals surface area contributed by atoms with Gasteiger partial charge < -0.3 is 4.90 Å². The summed E-state index contributed by atoms with van der Waals surface area (Å²) in [6, 6.07) is 16.0. The molecule has 0 aliphatic heterocycles. The lowest BCUT2D eigenvalue weighted by molar-refractivity contribution is 0.414. The van der Waals surface area contributed by atoms with Crippen molar-refractivity contribution in [1.29, 1.82) is 0 Å². The summed E-state index contributed by atoms with van der Waals surface area (Å²) < 4.78 is 0. The van der Waals surface area contributed by atoms with Gasteiger partial charge in [-0.3, -0.25) is 0 Å². The largest absolute Gasteiger partial charge is 0.309 e. The molecule has 0 amide bonds. The van der Waals surface area contributed by atoms with Crippen molar-refractivity contribution in [3.63, 3.8) is 0 Å². The summed E-state index contributed by atoms with van der Waals surface area (Å²) in [5, 5.41) is 0. The third kappa shape index (κ3) is 4.46. The maximum atomic E-state index is 2.45. The third-order valence-electron chi connectivity index (χ3n) is 6.30. The molecule has 2 aliphatic carbocycles. The normalized spacial score (nSPS) is 14.5. The van der Waals surface area contributed by atoms with Gasteiger partial charge >= 0.3 is 0 Å². The molecule has 150 valence electrons. The van der Waals surface area contributed by atoms with Gasteiger partial charge in [-0.05, 0) is 99.0 Å². The van der Waals surface area contributed by atoms with Crippen LogP contribution in [-0.4, -0.2) is 25.5 Å². The zero-order valence-electron chi connectivity index (χ0n) is 18.4. The molecule has 2 aliphatic rings. The lowest BCUT2D eigenvalue weighted by atomic mass is 9.93. The average Bonchev–Trinajstić information content (AvgIpc) is 3.30. The van der Waals surface area contributed by atoms with Crippen molar-refractivity contribution in [1.82, 2.24) is 4.90 Å². The van der Waals surface area contributed by atoms with Crippen LogP contribution in [0.3, 0.4) is 0 Å². The molecule has 0 aromatic heterocycles. The molecule has 0 heterocycles. The number of nitrogens with zero attached hydrogens (tertiary/aromatic N) is 1. The molecule has 2 aromatic rings. The van der Waals surface area contributed by atoms with Gasteiger partial charge in [0, 0.05) is 6.54 Å². The second kappa shape index (κ2) is 8.55. The van der Waals surface area contributed by atoms with E-state index >= 15 is 0 Å². The lowest BCUT2D eigenvalue weighted by Gasteiger charge is -2.13. The van der Waals surface area contributed by atoms with Crippen LogP contribution in [0, 0.1) is 0 Å². The number of hydrogen-bond donors (Lipinski definition) is 0. The van der Waals surface area contributed by atoms with Gasteiger partial charge in [-0.25, -0.2) is 0 Å². The fourth-order valence-corrected chi connectivity index (χ4v) is 4.67. The number of aryl methyl sites for hydroxylation is 1. The van der Waals surface area contributed by atoms with Gasteiger partial charge in [0.2, 0.25) is 0 Å². The summed E-state index contributed by atoms with van der Waals surface area (Å²) in [7, 11) is 4.30. The van der Waals surface area contributed by atoms with Gasteiger partial charge in [-0.1, -0.05) is 65.8 Å². The van der Waals surface area contributed by atoms with Gasteiger partial charge in [0.15, 0.2) is 0 Å². The van der Waals surface area contributed by atoms with E-state index in [1.54, 1.807) is 5.57 Å². The van der Waals surface area contributed by atoms with Crippen LogP contribution in [0.15, 0.2) is 76.9 Å². The molecule has 0 saturated carbocycles. The van der Waals surface area contributed by atoms with Gasteiger partial charge in [0.25, 0.3) is 0 Å². The smallest absolute Gasteiger partial charge is 0.00156 e. The predicted octanol–water partition coefficient (Wildman–Crippen LogP) is 6.74. The highest BCUT2D eigenvalue weighted by molar-refractivity contribution is 5.76. The van der Waals surface area contributed by atoms with Crippen molar-refractivity contribution in [3.05, 3.63) is 93.6 Å². The van der Waals surface area contributed by atoms with Crippen molar-refractivity contribution in [2.75, 3.05) is 20.6 Å². The number of fused-ring (bicyclic) bond motifs is 3. The van der Waals surface area contributed by atoms with E-state index in [2.05, 4.69) is 87.5 Å². The highest BCUT2D eigenvalue weighted by atomic mass is 15.0. The zero-order chi connectivity index (χ0) is 20.4. The average molecular weight is 384 g/mol. The first-order chi connectivity index (χ1) is 14.0. The molecule has 0 N–H and O–H groups in total. The third-order valence-corrected chi connectivity index (χ3v) is 6.30. The Morgan fingerprint density at radius 3 is 2.52 bits per heavy atom. The van der Waals surface area contributed by atoms with Gasteiger partial charge in [0.1, 0.15) is 0 Å². The molecule has 29 heavy (non-hydrogen) atoms. The van der Waals surface area contributed by atoms with Crippen molar-refractivity contribution >= 4 is 0 Å². The Bertz CT molecular complexity index is 997. The van der Waals surface area contributed by atoms with Gasteiger partial charge in [-0.2, -0.15) is 0 Å². The first-order valence-electron chi connectivity index (χ1n) is 10.9. The maximum absolute atomic E-state index is 2.45. The molecule has 0 radical (unpaired) electrons. The minimum atomic E-state index is 1.08. The first kappa shape index (κ1) is 19.9. The molecule has 0 spiro atoms. The van der Waals surface area contributed by atoms with Crippen LogP contribution in [0.5, 0.6) is 0 Å². The predicted molar refractivity (Wildman–Crippen MR) is 125 cm³/mol. The highest BCUT2D eigenvalue weighted by Gasteiger charge is 2.18. The summed E-state index contributed by atoms with van der Waals surface area (Å²) in [4.78, 5) is 2.26. The van der Waals surface area contributed by atoms with E-state index in [0.29, 0.717) is 0 Å². The summed E-state index contributed by atoms with van der Waals surface area (Å²) in [6.45, 7) is 5.66. The second-order valence-corrected chi connectivity index (χ2v) is 9.01. The summed E-state index contributed by atoms with van der Waals surface area (Å²) in [5.74, 6) is 0. The Morgan fingerprint density at radius 2 is 1.72 bits per heavy atom. The molecule has 4 rings (SSSR count). The Morgan fingerprint density at radius 1 is 0.931 bits per heavy atom. The van der Waals surface area contributed by atoms with Crippen LogP contribution in [0.2, 0.25) is 0 Å². The highest BCUT2D eigenvalue weighted by Crippen LogP contribution is 2.37. The summed E-state index contributed by atoms with van der Waals surface area (Å²) in [6.07, 6.45) is 10.5. The Labute approximate surface area is 176 Å². The lowest BCUT2D eigenvalue weighted by Crippen LogP contribution is -2.12. The van der Waals surface area contributed by atoms with Crippen LogP contribution in [0.1, 0.15) is 49.8 Å². The second-order valence-electron chi connectivity index (χ2n) is 9.01. The van der Waals surface area contributed by atoms with E-state index < -0.39 is 0 Å². The molecule has 0 saturated heterocycles. The van der Waals surface area contributed by atoms with Gasteiger partial charge in [-0.15, -0.1) is 0 Å². The van der Waals surface area contributed by atoms with Crippen LogP contribution < -0.4 is 0 Å². The number of hydrogen-bond acceptors (Lipinski definition) is 1. The minimum absolute atomic E-state index is 1.08. The molecule has 0 fully saturated rings. The van der Waals surface area contributed by atoms with Gasteiger partial charge in [0.05, 0.1) is 0 Å². The fraction of sp³-hybridized carbons (Fsp3) is 0.357. The standard InChI is InChI=1S/C28H33N/c1-20(2)26(24-12-9-22(17-24)15-16-29(3)4)13-10-21-11-14-28-25(18-21)19-23-7-5-6-8-27(23)28/h5-9,11,14,17-18H,10,12-13,15-16,19H2,1-4H3. The Hall–Kier alpha value is -2.38. The van der Waals surface area contributed by atoms with E-state index in [-0.39, 0.29) is 0 Å². The monoisotopic (exact) mass is 383 g/mol. The molecule has 2 aromatic carbocycles. The van der Waals surface area contributed by atoms with E-state index in [0.717, 1.165) is 38.6 Å². The van der Waals surface area contributed by atoms with E-state index in [9.17, 15) is 0 Å². The molecule has 0 bridgehead atoms. The molecule has 1 heteroatoms. The van der Waals surface area contributed by atoms with Crippen LogP contribution >= 0.6 is 0 Å². The molecule has 0 atom stereocenters. The summed E-state index contributed by atoms with van der Waals surface area (Å²) >= 11 is 0. The van der Waals surface area contributed by atoms with E-state index in [1.807, 2.05) is 0 Å². The van der Waals surface area contributed by atoms with Crippen LogP contribution in [-0.2, 0) is 12.8 Å². The molecular formula is C28H33N. The summed E-state index contributed by atoms with van der Waals surface area (Å²) in [5.41, 5.74) is 13.3. The zero-order valence-corrected chi connectivity index (χ0v) is 18.4. The van der Waals surface area contributed by atoms with E-state index in [4.69, 9.17) is 0 Å². The Balaban J connectivity index is 1.44. The fourth-order valence-electron chi connectivity index (χ4n) is 4.67. The van der Waals surface area contributed by atoms with Crippen molar-refractivity contribution in [2.24, 2.45) is 0 Å². The molecule has 0 unspecified atom stereocenters. The van der Waals surface area contributed by atoms with Crippen molar-refractivity contribution < 1.29 is 0 Å². The van der Waals surface area contributed by atoms with E-state index in [1.165, 1.54) is 44.5 Å². The molecular weight excluding hydrogens is 350 g/mol. The van der Waals surface area contributed by atoms with Crippen LogP contribution in [0.25, 0.3) is 11.1 Å². The number of allylic oxidation sites excluding steroid dienone is 5. The number of rotatable bonds is 7. The SMILES string of the molecule is CC(C)=C(CCc1ccc2c(c1)Cc1ccccc1-2)C1=CC(CCN(C)C)=CC1. The first-order valence-corrected chi connectivity index (χ1v) is 10.9. The quantitative estimate of drug-likeness (QED) is 0.437. The van der Waals surface area contributed by atoms with Crippen LogP contribution in [0.4, 0.5) is 0 Å². The van der Waals surface area contributed by atoms with Crippen molar-refractivity contribution in [2.45, 2.75) is 46.0 Å². The molecule has 1 nitrogen and oxygen atoms in total. The minimum Gasteiger partial charge on any atom is -0.309 e. The number of benzene rings is 2. The topological polar surface area (TPSA) is 3.24 Å². The Kier molecular flexibility index (Phi) is 5.87. The van der Waals surface area contributed by atoms with Crippen molar-refractivity contribution in [3.8, 4) is 11.1 Å².